The maximum absolute atomic E-state index is 5.38. The van der Waals surface area contributed by atoms with Gasteiger partial charge in [0.2, 0.25) is 0 Å². The van der Waals surface area contributed by atoms with Crippen LogP contribution in [0.3, 0.4) is 0 Å². The van der Waals surface area contributed by atoms with Gasteiger partial charge in [0.05, 0.1) is 12.8 Å². The van der Waals surface area contributed by atoms with Gasteiger partial charge in [0.15, 0.2) is 0 Å². The smallest absolute Gasteiger partial charge is 0.142 e. The fourth-order valence-corrected chi connectivity index (χ4v) is 2.44. The summed E-state index contributed by atoms with van der Waals surface area (Å²) in [7, 11) is 1.65. The molecule has 0 bridgehead atoms. The number of anilines is 3. The minimum atomic E-state index is 0.767. The van der Waals surface area contributed by atoms with Gasteiger partial charge in [-0.25, -0.2) is 9.97 Å². The Bertz CT molecular complexity index is 619. The third kappa shape index (κ3) is 3.64. The summed E-state index contributed by atoms with van der Waals surface area (Å²) in [5, 5.41) is 6.60. The molecule has 0 spiro atoms. The molecule has 0 saturated carbocycles. The minimum Gasteiger partial charge on any atom is -0.495 e. The first kappa shape index (κ1) is 15.6. The van der Waals surface area contributed by atoms with E-state index in [1.165, 1.54) is 0 Å². The molecule has 0 aliphatic carbocycles. The second kappa shape index (κ2) is 7.26. The number of benzene rings is 1. The molecule has 112 valence electrons. The largest absolute Gasteiger partial charge is 0.495 e. The summed E-state index contributed by atoms with van der Waals surface area (Å²) in [4.78, 5) is 8.66. The van der Waals surface area contributed by atoms with Gasteiger partial charge in [-0.2, -0.15) is 0 Å². The molecular weight excluding hydrogens is 332 g/mol. The van der Waals surface area contributed by atoms with E-state index in [0.29, 0.717) is 0 Å². The zero-order chi connectivity index (χ0) is 15.2. The Kier molecular flexibility index (Phi) is 5.38. The van der Waals surface area contributed by atoms with Crippen LogP contribution in [0.25, 0.3) is 0 Å². The van der Waals surface area contributed by atoms with Crippen LogP contribution in [-0.4, -0.2) is 23.6 Å². The Morgan fingerprint density at radius 1 is 1.19 bits per heavy atom. The number of hydrogen-bond acceptors (Lipinski definition) is 5. The first-order valence-electron chi connectivity index (χ1n) is 6.87. The highest BCUT2D eigenvalue weighted by Crippen LogP contribution is 2.32. The van der Waals surface area contributed by atoms with E-state index in [4.69, 9.17) is 4.74 Å². The molecule has 0 saturated heterocycles. The fraction of sp³-hybridized carbons (Fsp3) is 0.333. The summed E-state index contributed by atoms with van der Waals surface area (Å²) in [6.07, 6.45) is 2.39. The van der Waals surface area contributed by atoms with Crippen molar-refractivity contribution in [2.75, 3.05) is 24.3 Å². The third-order valence-corrected chi connectivity index (χ3v) is 3.55. The van der Waals surface area contributed by atoms with Crippen LogP contribution < -0.4 is 15.4 Å². The van der Waals surface area contributed by atoms with Crippen LogP contribution in [0.4, 0.5) is 17.3 Å². The van der Waals surface area contributed by atoms with Crippen LogP contribution in [0.15, 0.2) is 29.0 Å². The Morgan fingerprint density at radius 2 is 1.95 bits per heavy atom. The predicted octanol–water partition coefficient (Wildman–Crippen LogP) is 3.99. The van der Waals surface area contributed by atoms with Gasteiger partial charge in [-0.15, -0.1) is 0 Å². The molecule has 2 N–H and O–H groups in total. The van der Waals surface area contributed by atoms with Gasteiger partial charge >= 0.3 is 0 Å². The number of ether oxygens (including phenoxy) is 1. The van der Waals surface area contributed by atoms with E-state index in [9.17, 15) is 0 Å². The van der Waals surface area contributed by atoms with Gasteiger partial charge in [-0.05, 0) is 31.5 Å². The number of nitrogens with one attached hydrogen (secondary N) is 2. The highest BCUT2D eigenvalue weighted by atomic mass is 79.9. The molecule has 2 rings (SSSR count). The highest BCUT2D eigenvalue weighted by molar-refractivity contribution is 9.10. The third-order valence-electron chi connectivity index (χ3n) is 3.06. The number of nitrogens with zero attached hydrogens (tertiary/aromatic N) is 2. The summed E-state index contributed by atoms with van der Waals surface area (Å²) in [6.45, 7) is 4.96. The van der Waals surface area contributed by atoms with Crippen molar-refractivity contribution in [3.05, 3.63) is 34.6 Å². The molecule has 0 atom stereocenters. The molecule has 0 fully saturated rings. The van der Waals surface area contributed by atoms with Crippen LogP contribution in [0.5, 0.6) is 5.75 Å². The Balaban J connectivity index is 2.39. The van der Waals surface area contributed by atoms with Crippen LogP contribution in [0.2, 0.25) is 0 Å². The molecule has 0 unspecified atom stereocenters. The lowest BCUT2D eigenvalue weighted by molar-refractivity contribution is 0.416. The molecule has 2 aromatic rings. The number of methoxy groups -OCH3 is 1. The molecule has 21 heavy (non-hydrogen) atoms. The molecule has 1 aromatic heterocycles. The summed E-state index contributed by atoms with van der Waals surface area (Å²) >= 11 is 3.47. The Morgan fingerprint density at radius 3 is 2.62 bits per heavy atom. The zero-order valence-corrected chi connectivity index (χ0v) is 14.0. The fourth-order valence-electron chi connectivity index (χ4n) is 2.08. The van der Waals surface area contributed by atoms with E-state index >= 15 is 0 Å². The van der Waals surface area contributed by atoms with Crippen molar-refractivity contribution in [1.29, 1.82) is 0 Å². The number of rotatable bonds is 6. The zero-order valence-electron chi connectivity index (χ0n) is 12.4. The van der Waals surface area contributed by atoms with Crippen LogP contribution in [0, 0.1) is 0 Å². The average molecular weight is 351 g/mol. The first-order valence-corrected chi connectivity index (χ1v) is 7.67. The van der Waals surface area contributed by atoms with E-state index in [0.717, 1.165) is 46.1 Å². The van der Waals surface area contributed by atoms with Gasteiger partial charge < -0.3 is 15.4 Å². The molecule has 5 nitrogen and oxygen atoms in total. The molecule has 0 radical (unpaired) electrons. The molecule has 6 heteroatoms. The number of hydrogen-bond donors (Lipinski definition) is 2. The van der Waals surface area contributed by atoms with Crippen molar-refractivity contribution < 1.29 is 4.74 Å². The lowest BCUT2D eigenvalue weighted by atomic mass is 10.2. The highest BCUT2D eigenvalue weighted by Gasteiger charge is 2.11. The maximum Gasteiger partial charge on any atom is 0.142 e. The van der Waals surface area contributed by atoms with Gasteiger partial charge in [0.25, 0.3) is 0 Å². The summed E-state index contributed by atoms with van der Waals surface area (Å²) in [6, 6.07) is 5.81. The number of halogens is 1. The van der Waals surface area contributed by atoms with Crippen molar-refractivity contribution in [2.45, 2.75) is 20.3 Å². The molecular formula is C15H19BrN4O. The van der Waals surface area contributed by atoms with Gasteiger partial charge in [-0.1, -0.05) is 22.9 Å². The summed E-state index contributed by atoms with van der Waals surface area (Å²) in [5.41, 5.74) is 1.92. The van der Waals surface area contributed by atoms with Crippen LogP contribution in [-0.2, 0) is 6.42 Å². The molecule has 0 aliphatic rings. The monoisotopic (exact) mass is 350 g/mol. The maximum atomic E-state index is 5.38. The lowest BCUT2D eigenvalue weighted by Gasteiger charge is -2.15. The summed E-state index contributed by atoms with van der Waals surface area (Å²) < 4.78 is 6.36. The molecule has 0 aliphatic heterocycles. The van der Waals surface area contributed by atoms with E-state index in [-0.39, 0.29) is 0 Å². The van der Waals surface area contributed by atoms with E-state index in [1.807, 2.05) is 25.1 Å². The van der Waals surface area contributed by atoms with E-state index in [2.05, 4.69) is 43.5 Å². The van der Waals surface area contributed by atoms with Crippen molar-refractivity contribution in [2.24, 2.45) is 0 Å². The normalized spacial score (nSPS) is 10.3. The standard InChI is InChI=1S/C15H19BrN4O/c1-4-11-14(17-5-2)18-9-19-15(11)20-12-8-10(16)6-7-13(12)21-3/h6-9H,4-5H2,1-3H3,(H2,17,18,19,20). The van der Waals surface area contributed by atoms with Crippen molar-refractivity contribution in [3.63, 3.8) is 0 Å². The molecule has 1 heterocycles. The molecule has 1 aromatic carbocycles. The second-order valence-corrected chi connectivity index (χ2v) is 5.32. The molecule has 0 amide bonds. The van der Waals surface area contributed by atoms with Crippen LogP contribution >= 0.6 is 15.9 Å². The number of aromatic nitrogens is 2. The SMILES string of the molecule is CCNc1ncnc(Nc2cc(Br)ccc2OC)c1CC. The minimum absolute atomic E-state index is 0.767. The van der Waals surface area contributed by atoms with E-state index in [1.54, 1.807) is 13.4 Å². The summed E-state index contributed by atoms with van der Waals surface area (Å²) in [5.74, 6) is 2.43. The Hall–Kier alpha value is -1.82. The lowest BCUT2D eigenvalue weighted by Crippen LogP contribution is -2.07. The quantitative estimate of drug-likeness (QED) is 0.824. The van der Waals surface area contributed by atoms with Crippen molar-refractivity contribution >= 4 is 33.3 Å². The van der Waals surface area contributed by atoms with Gasteiger partial charge in [0.1, 0.15) is 23.7 Å². The predicted molar refractivity (Wildman–Crippen MR) is 89.6 cm³/mol. The van der Waals surface area contributed by atoms with Crippen LogP contribution in [0.1, 0.15) is 19.4 Å². The second-order valence-electron chi connectivity index (χ2n) is 4.40. The average Bonchev–Trinajstić information content (AvgIpc) is 2.48. The van der Waals surface area contributed by atoms with Crippen molar-refractivity contribution in [3.8, 4) is 5.75 Å². The topological polar surface area (TPSA) is 59.1 Å². The van der Waals surface area contributed by atoms with Crippen molar-refractivity contribution in [1.82, 2.24) is 9.97 Å². The van der Waals surface area contributed by atoms with Gasteiger partial charge in [0, 0.05) is 16.6 Å². The van der Waals surface area contributed by atoms with E-state index < -0.39 is 0 Å². The van der Waals surface area contributed by atoms with Gasteiger partial charge in [-0.3, -0.25) is 0 Å². The first-order chi connectivity index (χ1) is 10.2. The Labute approximate surface area is 133 Å².